The molecular formula is C12H17NO3. The molecule has 2 unspecified atom stereocenters. The molecule has 2 N–H and O–H groups in total. The maximum absolute atomic E-state index is 10.2. The number of hydrogen-bond donors (Lipinski definition) is 2. The van der Waals surface area contributed by atoms with Crippen molar-refractivity contribution >= 4 is 0 Å². The van der Waals surface area contributed by atoms with E-state index < -0.39 is 6.10 Å². The van der Waals surface area contributed by atoms with E-state index in [4.69, 9.17) is 9.47 Å². The van der Waals surface area contributed by atoms with Crippen molar-refractivity contribution in [1.82, 2.24) is 5.32 Å². The Labute approximate surface area is 95.2 Å². The first kappa shape index (κ1) is 11.4. The molecule has 1 saturated heterocycles. The smallest absolute Gasteiger partial charge is 0.124 e. The van der Waals surface area contributed by atoms with Crippen LogP contribution in [0, 0.1) is 0 Å². The molecule has 16 heavy (non-hydrogen) atoms. The second kappa shape index (κ2) is 5.30. The van der Waals surface area contributed by atoms with Crippen LogP contribution in [0.25, 0.3) is 0 Å². The molecule has 2 atom stereocenters. The molecule has 0 bridgehead atoms. The summed E-state index contributed by atoms with van der Waals surface area (Å²) in [6.07, 6.45) is -0.853. The summed E-state index contributed by atoms with van der Waals surface area (Å²) in [6.45, 7) is 2.14. The Balaban J connectivity index is 2.15. The number of nitrogens with one attached hydrogen (secondary N) is 1. The maximum Gasteiger partial charge on any atom is 0.124 e. The van der Waals surface area contributed by atoms with Crippen LogP contribution in [0.15, 0.2) is 24.3 Å². The quantitative estimate of drug-likeness (QED) is 0.792. The van der Waals surface area contributed by atoms with Crippen LogP contribution in [0.4, 0.5) is 0 Å². The van der Waals surface area contributed by atoms with Gasteiger partial charge in [0.1, 0.15) is 18.0 Å². The molecule has 0 radical (unpaired) electrons. The lowest BCUT2D eigenvalue weighted by Gasteiger charge is -2.28. The van der Waals surface area contributed by atoms with Gasteiger partial charge in [0.25, 0.3) is 0 Å². The molecule has 1 aliphatic rings. The van der Waals surface area contributed by atoms with Gasteiger partial charge in [-0.2, -0.15) is 0 Å². The van der Waals surface area contributed by atoms with Gasteiger partial charge in [-0.05, 0) is 6.07 Å². The number of para-hydroxylation sites is 1. The van der Waals surface area contributed by atoms with Crippen LogP contribution in [-0.2, 0) is 4.74 Å². The molecule has 2 rings (SSSR count). The Kier molecular flexibility index (Phi) is 3.77. The van der Waals surface area contributed by atoms with Crippen LogP contribution in [0.2, 0.25) is 0 Å². The first-order valence-electron chi connectivity index (χ1n) is 5.46. The van der Waals surface area contributed by atoms with Gasteiger partial charge in [0.2, 0.25) is 0 Å². The van der Waals surface area contributed by atoms with E-state index in [1.807, 2.05) is 24.3 Å². The molecule has 88 valence electrons. The van der Waals surface area contributed by atoms with Gasteiger partial charge in [-0.3, -0.25) is 0 Å². The van der Waals surface area contributed by atoms with E-state index in [0.717, 1.165) is 12.1 Å². The highest BCUT2D eigenvalue weighted by Gasteiger charge is 2.25. The minimum absolute atomic E-state index is 0.204. The predicted octanol–water partition coefficient (Wildman–Crippen LogP) is 0.717. The second-order valence-electron chi connectivity index (χ2n) is 3.80. The zero-order valence-electron chi connectivity index (χ0n) is 9.35. The third-order valence-corrected chi connectivity index (χ3v) is 2.77. The Morgan fingerprint density at radius 3 is 3.00 bits per heavy atom. The van der Waals surface area contributed by atoms with Gasteiger partial charge in [-0.15, -0.1) is 0 Å². The number of ether oxygens (including phenoxy) is 2. The van der Waals surface area contributed by atoms with Gasteiger partial charge in [-0.25, -0.2) is 0 Å². The second-order valence-corrected chi connectivity index (χ2v) is 3.80. The zero-order chi connectivity index (χ0) is 11.4. The largest absolute Gasteiger partial charge is 0.496 e. The summed E-state index contributed by atoms with van der Waals surface area (Å²) in [7, 11) is 1.60. The van der Waals surface area contributed by atoms with Crippen molar-refractivity contribution in [2.24, 2.45) is 0 Å². The van der Waals surface area contributed by atoms with E-state index in [2.05, 4.69) is 5.32 Å². The lowest BCUT2D eigenvalue weighted by atomic mass is 10.0. The van der Waals surface area contributed by atoms with E-state index in [9.17, 15) is 5.11 Å². The highest BCUT2D eigenvalue weighted by molar-refractivity contribution is 5.35. The third kappa shape index (κ3) is 2.35. The Hall–Kier alpha value is -1.10. The fourth-order valence-electron chi connectivity index (χ4n) is 1.90. The SMILES string of the molecule is COc1ccccc1C(O)C1CNCCO1. The molecule has 0 spiro atoms. The summed E-state index contributed by atoms with van der Waals surface area (Å²) >= 11 is 0. The maximum atomic E-state index is 10.2. The zero-order valence-corrected chi connectivity index (χ0v) is 9.35. The van der Waals surface area contributed by atoms with Gasteiger partial charge in [-0.1, -0.05) is 18.2 Å². The number of rotatable bonds is 3. The molecule has 4 heteroatoms. The molecule has 0 saturated carbocycles. The molecule has 0 aliphatic carbocycles. The summed E-state index contributed by atoms with van der Waals surface area (Å²) in [4.78, 5) is 0. The van der Waals surface area contributed by atoms with Crippen LogP contribution in [0.1, 0.15) is 11.7 Å². The lowest BCUT2D eigenvalue weighted by molar-refractivity contribution is -0.0543. The van der Waals surface area contributed by atoms with Crippen LogP contribution in [0.5, 0.6) is 5.75 Å². The van der Waals surface area contributed by atoms with Crippen LogP contribution in [-0.4, -0.2) is 38.0 Å². The topological polar surface area (TPSA) is 50.7 Å². The number of methoxy groups -OCH3 is 1. The Bertz CT molecular complexity index is 337. The molecule has 4 nitrogen and oxygen atoms in total. The highest BCUT2D eigenvalue weighted by Crippen LogP contribution is 2.28. The van der Waals surface area contributed by atoms with E-state index in [-0.39, 0.29) is 6.10 Å². The third-order valence-electron chi connectivity index (χ3n) is 2.77. The van der Waals surface area contributed by atoms with Crippen LogP contribution >= 0.6 is 0 Å². The molecule has 1 aromatic carbocycles. The van der Waals surface area contributed by atoms with Crippen molar-refractivity contribution < 1.29 is 14.6 Å². The molecule has 1 aromatic rings. The summed E-state index contributed by atoms with van der Waals surface area (Å²) in [6, 6.07) is 7.47. The molecule has 0 amide bonds. The van der Waals surface area contributed by atoms with Crippen LogP contribution in [0.3, 0.4) is 0 Å². The first-order valence-corrected chi connectivity index (χ1v) is 5.46. The summed E-state index contributed by atoms with van der Waals surface area (Å²) < 4.78 is 10.7. The Morgan fingerprint density at radius 2 is 2.31 bits per heavy atom. The van der Waals surface area contributed by atoms with E-state index in [1.165, 1.54) is 0 Å². The molecule has 0 aromatic heterocycles. The van der Waals surface area contributed by atoms with Crippen molar-refractivity contribution in [2.45, 2.75) is 12.2 Å². The van der Waals surface area contributed by atoms with Gasteiger partial charge < -0.3 is 19.9 Å². The minimum Gasteiger partial charge on any atom is -0.496 e. The molecule has 1 heterocycles. The fraction of sp³-hybridized carbons (Fsp3) is 0.500. The summed E-state index contributed by atoms with van der Waals surface area (Å²) in [5, 5.41) is 13.4. The number of benzene rings is 1. The first-order chi connectivity index (χ1) is 7.83. The monoisotopic (exact) mass is 223 g/mol. The predicted molar refractivity (Wildman–Crippen MR) is 60.6 cm³/mol. The van der Waals surface area contributed by atoms with Gasteiger partial charge in [0.05, 0.1) is 13.7 Å². The number of aliphatic hydroxyl groups excluding tert-OH is 1. The average Bonchev–Trinajstić information content (AvgIpc) is 2.39. The minimum atomic E-state index is -0.649. The Morgan fingerprint density at radius 1 is 1.50 bits per heavy atom. The van der Waals surface area contributed by atoms with E-state index >= 15 is 0 Å². The van der Waals surface area contributed by atoms with Crippen molar-refractivity contribution in [3.63, 3.8) is 0 Å². The number of morpholine rings is 1. The van der Waals surface area contributed by atoms with E-state index in [0.29, 0.717) is 18.9 Å². The average molecular weight is 223 g/mol. The lowest BCUT2D eigenvalue weighted by Crippen LogP contribution is -2.41. The van der Waals surface area contributed by atoms with Crippen molar-refractivity contribution in [3.8, 4) is 5.75 Å². The molecule has 1 aliphatic heterocycles. The summed E-state index contributed by atoms with van der Waals surface area (Å²) in [5.41, 5.74) is 0.777. The summed E-state index contributed by atoms with van der Waals surface area (Å²) in [5.74, 6) is 0.698. The van der Waals surface area contributed by atoms with Crippen molar-refractivity contribution in [2.75, 3.05) is 26.8 Å². The van der Waals surface area contributed by atoms with Gasteiger partial charge in [0.15, 0.2) is 0 Å². The molecule has 1 fully saturated rings. The number of hydrogen-bond acceptors (Lipinski definition) is 4. The fourth-order valence-corrected chi connectivity index (χ4v) is 1.90. The van der Waals surface area contributed by atoms with Crippen LogP contribution < -0.4 is 10.1 Å². The normalized spacial score (nSPS) is 22.8. The standard InChI is InChI=1S/C12H17NO3/c1-15-10-5-3-2-4-9(10)12(14)11-8-13-6-7-16-11/h2-5,11-14H,6-8H2,1H3. The van der Waals surface area contributed by atoms with Gasteiger partial charge >= 0.3 is 0 Å². The van der Waals surface area contributed by atoms with Crippen molar-refractivity contribution in [1.29, 1.82) is 0 Å². The van der Waals surface area contributed by atoms with Crippen molar-refractivity contribution in [3.05, 3.63) is 29.8 Å². The van der Waals surface area contributed by atoms with E-state index in [1.54, 1.807) is 7.11 Å². The molecular weight excluding hydrogens is 206 g/mol. The number of aliphatic hydroxyl groups is 1. The van der Waals surface area contributed by atoms with Gasteiger partial charge in [0, 0.05) is 18.7 Å². The highest BCUT2D eigenvalue weighted by atomic mass is 16.5.